The van der Waals surface area contributed by atoms with E-state index in [2.05, 4.69) is 15.8 Å². The van der Waals surface area contributed by atoms with Crippen molar-refractivity contribution in [2.75, 3.05) is 5.75 Å². The van der Waals surface area contributed by atoms with Crippen LogP contribution in [0.25, 0.3) is 0 Å². The number of rotatable bonds is 4. The lowest BCUT2D eigenvalue weighted by Crippen LogP contribution is -2.30. The Labute approximate surface area is 65.3 Å². The summed E-state index contributed by atoms with van der Waals surface area (Å²) in [6.45, 7) is 3.10. The van der Waals surface area contributed by atoms with Crippen molar-refractivity contribution in [2.45, 2.75) is 0 Å². The quantitative estimate of drug-likeness (QED) is 0.545. The second-order valence-corrected chi connectivity index (χ2v) is 4.75. The Morgan fingerprint density at radius 2 is 1.82 bits per heavy atom. The van der Waals surface area contributed by atoms with E-state index in [1.54, 1.807) is 0 Å². The molecule has 0 aromatic carbocycles. The second-order valence-electron chi connectivity index (χ2n) is 1.63. The van der Waals surface area contributed by atoms with E-state index in [4.69, 9.17) is 0 Å². The lowest BCUT2D eigenvalue weighted by atomic mass is 10.8. The maximum atomic E-state index is 10.5. The fourth-order valence-corrected chi connectivity index (χ4v) is 2.15. The highest BCUT2D eigenvalue weighted by Crippen LogP contribution is 1.88. The molecule has 0 amide bonds. The van der Waals surface area contributed by atoms with Gasteiger partial charge in [-0.2, -0.15) is 8.42 Å². The Morgan fingerprint density at radius 3 is 2.09 bits per heavy atom. The van der Waals surface area contributed by atoms with Crippen molar-refractivity contribution in [3.05, 3.63) is 12.7 Å². The van der Waals surface area contributed by atoms with Crippen molar-refractivity contribution < 1.29 is 16.8 Å². The first kappa shape index (κ1) is 10.6. The third-order valence-corrected chi connectivity index (χ3v) is 2.94. The molecule has 0 heterocycles. The first-order valence-electron chi connectivity index (χ1n) is 2.37. The highest BCUT2D eigenvalue weighted by molar-refractivity contribution is 8.03. The number of sulfonamides is 1. The zero-order valence-corrected chi connectivity index (χ0v) is 7.10. The van der Waals surface area contributed by atoms with E-state index in [-0.39, 0.29) is 0 Å². The van der Waals surface area contributed by atoms with Crippen molar-refractivity contribution in [3.8, 4) is 0 Å². The maximum Gasteiger partial charge on any atom is 0.305 e. The normalized spacial score (nSPS) is 12.8. The number of nitrogens with two attached hydrogens (primary N) is 1. The standard InChI is InChI=1S/C3H7N2O4S2/c1-2-3-10(6,7)5-11(4,8)9/h2H,1,3H2,(H2,4,8,9). The summed E-state index contributed by atoms with van der Waals surface area (Å²) in [6.07, 6.45) is 1.02. The van der Waals surface area contributed by atoms with E-state index in [0.29, 0.717) is 0 Å². The van der Waals surface area contributed by atoms with Gasteiger partial charge in [0, 0.05) is 4.13 Å². The summed E-state index contributed by atoms with van der Waals surface area (Å²) >= 11 is 0. The Bertz CT molecular complexity index is 326. The van der Waals surface area contributed by atoms with E-state index >= 15 is 0 Å². The largest absolute Gasteiger partial charge is 0.305 e. The van der Waals surface area contributed by atoms with Gasteiger partial charge in [-0.3, -0.25) is 0 Å². The van der Waals surface area contributed by atoms with Crippen molar-refractivity contribution in [1.29, 1.82) is 0 Å². The van der Waals surface area contributed by atoms with Crippen molar-refractivity contribution in [3.63, 3.8) is 0 Å². The molecule has 1 radical (unpaired) electrons. The minimum atomic E-state index is -4.31. The van der Waals surface area contributed by atoms with Crippen molar-refractivity contribution >= 4 is 20.2 Å². The van der Waals surface area contributed by atoms with Gasteiger partial charge in [0.25, 0.3) is 0 Å². The summed E-state index contributed by atoms with van der Waals surface area (Å²) in [5, 5.41) is 4.34. The van der Waals surface area contributed by atoms with Gasteiger partial charge in [-0.15, -0.1) is 6.58 Å². The molecule has 2 N–H and O–H groups in total. The highest BCUT2D eigenvalue weighted by Gasteiger charge is 2.17. The Kier molecular flexibility index (Phi) is 3.17. The van der Waals surface area contributed by atoms with Gasteiger partial charge in [-0.1, -0.05) is 6.08 Å². The molecule has 0 aliphatic rings. The predicted molar refractivity (Wildman–Crippen MR) is 39.2 cm³/mol. The van der Waals surface area contributed by atoms with Crippen LogP contribution < -0.4 is 9.27 Å². The zero-order valence-electron chi connectivity index (χ0n) is 5.47. The molecule has 0 aliphatic carbocycles. The van der Waals surface area contributed by atoms with E-state index in [0.717, 1.165) is 6.08 Å². The second kappa shape index (κ2) is 3.30. The average molecular weight is 199 g/mol. The van der Waals surface area contributed by atoms with Crippen LogP contribution in [0.3, 0.4) is 0 Å². The van der Waals surface area contributed by atoms with Crippen LogP contribution in [0.15, 0.2) is 12.7 Å². The summed E-state index contributed by atoms with van der Waals surface area (Å²) < 4.78 is 43.7. The molecule has 6 nitrogen and oxygen atoms in total. The molecule has 0 rings (SSSR count). The van der Waals surface area contributed by atoms with Crippen molar-refractivity contribution in [2.24, 2.45) is 5.14 Å². The number of nitrogens with zero attached hydrogens (tertiary/aromatic N) is 1. The van der Waals surface area contributed by atoms with Crippen LogP contribution in [0.4, 0.5) is 0 Å². The molecule has 0 fully saturated rings. The summed E-state index contributed by atoms with van der Waals surface area (Å²) in [7, 11) is -8.31. The molecule has 0 unspecified atom stereocenters. The van der Waals surface area contributed by atoms with E-state index in [1.807, 2.05) is 0 Å². The number of hydrogen-bond donors (Lipinski definition) is 1. The van der Waals surface area contributed by atoms with Gasteiger partial charge in [-0.05, 0) is 0 Å². The SMILES string of the molecule is C=CCS(=O)(=O)[N]S(N)(=O)=O. The van der Waals surface area contributed by atoms with Gasteiger partial charge in [0.2, 0.25) is 10.0 Å². The molecule has 0 saturated carbocycles. The zero-order chi connectivity index (χ0) is 9.12. The first-order valence-corrected chi connectivity index (χ1v) is 5.49. The fraction of sp³-hybridized carbons (Fsp3) is 0.333. The van der Waals surface area contributed by atoms with Crippen LogP contribution in [0, 0.1) is 0 Å². The molecule has 65 valence electrons. The molecular formula is C3H7N2O4S2. The molecule has 8 heteroatoms. The Hall–Kier alpha value is -0.440. The molecule has 11 heavy (non-hydrogen) atoms. The van der Waals surface area contributed by atoms with Crippen LogP contribution in [-0.4, -0.2) is 22.6 Å². The summed E-state index contributed by atoms with van der Waals surface area (Å²) in [5.41, 5.74) is 0. The molecule has 0 aromatic rings. The van der Waals surface area contributed by atoms with Gasteiger partial charge < -0.3 is 0 Å². The Balaban J connectivity index is 4.52. The van der Waals surface area contributed by atoms with E-state index in [1.165, 1.54) is 0 Å². The molecule has 0 atom stereocenters. The van der Waals surface area contributed by atoms with Gasteiger partial charge in [0.05, 0.1) is 5.75 Å². The van der Waals surface area contributed by atoms with Gasteiger partial charge >= 0.3 is 10.2 Å². The van der Waals surface area contributed by atoms with E-state index < -0.39 is 26.0 Å². The molecule has 0 aromatic heterocycles. The maximum absolute atomic E-state index is 10.5. The monoisotopic (exact) mass is 199 g/mol. The third-order valence-electron chi connectivity index (χ3n) is 0.546. The molecule has 0 spiro atoms. The molecular weight excluding hydrogens is 192 g/mol. The highest BCUT2D eigenvalue weighted by atomic mass is 32.3. The molecule has 0 saturated heterocycles. The van der Waals surface area contributed by atoms with Crippen molar-refractivity contribution in [1.82, 2.24) is 4.13 Å². The lowest BCUT2D eigenvalue weighted by Gasteiger charge is -1.95. The van der Waals surface area contributed by atoms with Gasteiger partial charge in [0.1, 0.15) is 0 Å². The van der Waals surface area contributed by atoms with Crippen LogP contribution >= 0.6 is 0 Å². The van der Waals surface area contributed by atoms with Crippen LogP contribution in [0.2, 0.25) is 0 Å². The average Bonchev–Trinajstić information content (AvgIpc) is 1.55. The molecule has 0 bridgehead atoms. The van der Waals surface area contributed by atoms with Gasteiger partial charge in [0.15, 0.2) is 0 Å². The van der Waals surface area contributed by atoms with Gasteiger partial charge in [-0.25, -0.2) is 13.6 Å². The van der Waals surface area contributed by atoms with Crippen LogP contribution in [-0.2, 0) is 20.2 Å². The van der Waals surface area contributed by atoms with Crippen LogP contribution in [0.5, 0.6) is 0 Å². The minimum Gasteiger partial charge on any atom is -0.214 e. The lowest BCUT2D eigenvalue weighted by molar-refractivity contribution is 0.578. The molecule has 0 aliphatic heterocycles. The topological polar surface area (TPSA) is 108 Å². The predicted octanol–water partition coefficient (Wildman–Crippen LogP) is -1.69. The number of hydrogen-bond acceptors (Lipinski definition) is 4. The van der Waals surface area contributed by atoms with E-state index in [9.17, 15) is 16.8 Å². The first-order chi connectivity index (χ1) is 4.77. The Morgan fingerprint density at radius 1 is 1.36 bits per heavy atom. The smallest absolute Gasteiger partial charge is 0.214 e. The summed E-state index contributed by atoms with van der Waals surface area (Å²) in [5.74, 6) is -0.538. The fourth-order valence-electron chi connectivity index (χ4n) is 0.338. The third kappa shape index (κ3) is 5.98. The summed E-state index contributed by atoms with van der Waals surface area (Å²) in [6, 6.07) is 0. The summed E-state index contributed by atoms with van der Waals surface area (Å²) in [4.78, 5) is 0. The minimum absolute atomic E-state index is 0.538. The van der Waals surface area contributed by atoms with Crippen LogP contribution in [0.1, 0.15) is 0 Å².